The largest absolute Gasteiger partial charge is 0.457 e. The zero-order valence-corrected chi connectivity index (χ0v) is 17.6. The number of benzene rings is 3. The van der Waals surface area contributed by atoms with E-state index in [1.807, 2.05) is 79.0 Å². The van der Waals surface area contributed by atoms with E-state index < -0.39 is 0 Å². The molecule has 0 spiro atoms. The number of fused-ring (bicyclic) bond motifs is 3. The van der Waals surface area contributed by atoms with Crippen molar-refractivity contribution in [2.24, 2.45) is 0 Å². The number of hydrogen-bond donors (Lipinski definition) is 0. The zero-order chi connectivity index (χ0) is 22.0. The first-order valence-corrected chi connectivity index (χ1v) is 10.7. The fraction of sp³-hybridized carbons (Fsp3) is 0. The van der Waals surface area contributed by atoms with E-state index in [9.17, 15) is 0 Å². The van der Waals surface area contributed by atoms with Crippen molar-refractivity contribution in [3.8, 4) is 28.9 Å². The maximum atomic E-state index is 6.22. The van der Waals surface area contributed by atoms with E-state index in [0.29, 0.717) is 17.4 Å². The normalized spacial score (nSPS) is 11.0. The second kappa shape index (κ2) is 8.13. The molecule has 0 atom stereocenters. The molecule has 0 radical (unpaired) electrons. The Hall–Kier alpha value is -4.64. The van der Waals surface area contributed by atoms with Gasteiger partial charge in [0.05, 0.1) is 11.0 Å². The van der Waals surface area contributed by atoms with E-state index >= 15 is 0 Å². The number of pyridine rings is 2. The van der Waals surface area contributed by atoms with Gasteiger partial charge in [-0.25, -0.2) is 9.97 Å². The van der Waals surface area contributed by atoms with E-state index in [4.69, 9.17) is 9.47 Å². The molecule has 158 valence electrons. The van der Waals surface area contributed by atoms with Crippen molar-refractivity contribution in [2.75, 3.05) is 0 Å². The van der Waals surface area contributed by atoms with Gasteiger partial charge < -0.3 is 9.47 Å². The summed E-state index contributed by atoms with van der Waals surface area (Å²) < 4.78 is 14.2. The number of para-hydroxylation sites is 1. The standard InChI is InChI=1S/C28H19N3O2/c1-2-11-25-23(10-1)24-15-14-22(19-26(24)31(25)27-12-3-5-16-29-27)32-20-8-7-9-21(18-20)33-28-13-4-6-17-30-28/h1-19H. The van der Waals surface area contributed by atoms with Crippen molar-refractivity contribution < 1.29 is 9.47 Å². The van der Waals surface area contributed by atoms with Crippen LogP contribution in [0.3, 0.4) is 0 Å². The molecule has 3 aromatic carbocycles. The molecular weight excluding hydrogens is 410 g/mol. The molecule has 6 rings (SSSR count). The Kier molecular flexibility index (Phi) is 4.70. The third kappa shape index (κ3) is 3.66. The highest BCUT2D eigenvalue weighted by molar-refractivity contribution is 6.09. The first-order chi connectivity index (χ1) is 16.3. The lowest BCUT2D eigenvalue weighted by Crippen LogP contribution is -1.96. The summed E-state index contributed by atoms with van der Waals surface area (Å²) in [4.78, 5) is 8.80. The van der Waals surface area contributed by atoms with Gasteiger partial charge in [0.1, 0.15) is 23.1 Å². The molecule has 33 heavy (non-hydrogen) atoms. The van der Waals surface area contributed by atoms with Crippen LogP contribution < -0.4 is 9.47 Å². The van der Waals surface area contributed by atoms with Crippen LogP contribution in [0.2, 0.25) is 0 Å². The molecule has 0 aliphatic carbocycles. The quantitative estimate of drug-likeness (QED) is 0.292. The minimum atomic E-state index is 0.538. The predicted molar refractivity (Wildman–Crippen MR) is 129 cm³/mol. The van der Waals surface area contributed by atoms with E-state index in [1.165, 1.54) is 5.39 Å². The fourth-order valence-electron chi connectivity index (χ4n) is 4.01. The molecule has 0 bridgehead atoms. The van der Waals surface area contributed by atoms with Gasteiger partial charge in [-0.15, -0.1) is 0 Å². The molecule has 0 unspecified atom stereocenters. The van der Waals surface area contributed by atoms with Gasteiger partial charge in [-0.05, 0) is 48.5 Å². The van der Waals surface area contributed by atoms with Crippen LogP contribution in [0.25, 0.3) is 27.6 Å². The molecule has 0 fully saturated rings. The summed E-state index contributed by atoms with van der Waals surface area (Å²) in [6.07, 6.45) is 3.51. The molecule has 3 aromatic heterocycles. The smallest absolute Gasteiger partial charge is 0.219 e. The predicted octanol–water partition coefficient (Wildman–Crippen LogP) is 7.16. The highest BCUT2D eigenvalue weighted by Gasteiger charge is 2.13. The molecule has 5 nitrogen and oxygen atoms in total. The van der Waals surface area contributed by atoms with Crippen LogP contribution in [-0.4, -0.2) is 14.5 Å². The van der Waals surface area contributed by atoms with Crippen molar-refractivity contribution in [1.29, 1.82) is 0 Å². The Morgan fingerprint density at radius 3 is 2.06 bits per heavy atom. The highest BCUT2D eigenvalue weighted by atomic mass is 16.5. The van der Waals surface area contributed by atoms with Crippen LogP contribution in [0.15, 0.2) is 116 Å². The molecule has 0 N–H and O–H groups in total. The van der Waals surface area contributed by atoms with Crippen molar-refractivity contribution in [3.05, 3.63) is 116 Å². The molecule has 0 aliphatic heterocycles. The van der Waals surface area contributed by atoms with Gasteiger partial charge in [0.2, 0.25) is 5.88 Å². The third-order valence-electron chi connectivity index (χ3n) is 5.42. The Bertz CT molecular complexity index is 1560. The average Bonchev–Trinajstić information content (AvgIpc) is 3.19. The summed E-state index contributed by atoms with van der Waals surface area (Å²) in [6.45, 7) is 0. The van der Waals surface area contributed by atoms with Gasteiger partial charge in [0, 0.05) is 41.4 Å². The van der Waals surface area contributed by atoms with Crippen LogP contribution in [0.1, 0.15) is 0 Å². The van der Waals surface area contributed by atoms with E-state index in [-0.39, 0.29) is 0 Å². The lowest BCUT2D eigenvalue weighted by molar-refractivity contribution is 0.449. The lowest BCUT2D eigenvalue weighted by atomic mass is 10.1. The average molecular weight is 429 g/mol. The molecular formula is C28H19N3O2. The van der Waals surface area contributed by atoms with Crippen molar-refractivity contribution in [3.63, 3.8) is 0 Å². The minimum Gasteiger partial charge on any atom is -0.457 e. The molecule has 0 aliphatic rings. The number of aromatic nitrogens is 3. The van der Waals surface area contributed by atoms with Gasteiger partial charge in [-0.1, -0.05) is 36.4 Å². The lowest BCUT2D eigenvalue weighted by Gasteiger charge is -2.10. The van der Waals surface area contributed by atoms with E-state index in [1.54, 1.807) is 6.20 Å². The van der Waals surface area contributed by atoms with Gasteiger partial charge in [-0.2, -0.15) is 0 Å². The third-order valence-corrected chi connectivity index (χ3v) is 5.42. The van der Waals surface area contributed by atoms with Crippen LogP contribution in [0.5, 0.6) is 23.1 Å². The van der Waals surface area contributed by atoms with Gasteiger partial charge >= 0.3 is 0 Å². The van der Waals surface area contributed by atoms with E-state index in [0.717, 1.165) is 28.0 Å². The highest BCUT2D eigenvalue weighted by Crippen LogP contribution is 2.35. The van der Waals surface area contributed by atoms with Crippen molar-refractivity contribution in [1.82, 2.24) is 14.5 Å². The second-order valence-corrected chi connectivity index (χ2v) is 7.57. The Balaban J connectivity index is 1.40. The number of nitrogens with zero attached hydrogens (tertiary/aromatic N) is 3. The Morgan fingerprint density at radius 2 is 1.24 bits per heavy atom. The van der Waals surface area contributed by atoms with Crippen LogP contribution in [0, 0.1) is 0 Å². The van der Waals surface area contributed by atoms with Crippen LogP contribution >= 0.6 is 0 Å². The summed E-state index contributed by atoms with van der Waals surface area (Å²) in [5, 5.41) is 2.33. The Labute approximate surface area is 190 Å². The molecule has 0 saturated heterocycles. The fourth-order valence-corrected chi connectivity index (χ4v) is 4.01. The maximum absolute atomic E-state index is 6.22. The van der Waals surface area contributed by atoms with Crippen molar-refractivity contribution in [2.45, 2.75) is 0 Å². The molecule has 5 heteroatoms. The molecule has 3 heterocycles. The maximum Gasteiger partial charge on any atom is 0.219 e. The summed E-state index contributed by atoms with van der Waals surface area (Å²) >= 11 is 0. The molecule has 0 amide bonds. The summed E-state index contributed by atoms with van der Waals surface area (Å²) in [5.41, 5.74) is 2.14. The van der Waals surface area contributed by atoms with Gasteiger partial charge in [0.25, 0.3) is 0 Å². The first kappa shape index (κ1) is 19.1. The molecule has 0 saturated carbocycles. The summed E-state index contributed by atoms with van der Waals surface area (Å²) in [6, 6.07) is 33.5. The summed E-state index contributed by atoms with van der Waals surface area (Å²) in [5.74, 6) is 3.48. The Morgan fingerprint density at radius 1 is 0.515 bits per heavy atom. The SMILES string of the molecule is c1ccc(Oc2cccc(Oc3ccc4c5ccccc5n(-c5ccccn5)c4c3)c2)nc1. The summed E-state index contributed by atoms with van der Waals surface area (Å²) in [7, 11) is 0. The van der Waals surface area contributed by atoms with Crippen LogP contribution in [-0.2, 0) is 0 Å². The minimum absolute atomic E-state index is 0.538. The van der Waals surface area contributed by atoms with Gasteiger partial charge in [0.15, 0.2) is 0 Å². The zero-order valence-electron chi connectivity index (χ0n) is 17.6. The van der Waals surface area contributed by atoms with E-state index in [2.05, 4.69) is 44.9 Å². The molecule has 6 aromatic rings. The number of rotatable bonds is 5. The van der Waals surface area contributed by atoms with Gasteiger partial charge in [-0.3, -0.25) is 4.57 Å². The number of ether oxygens (including phenoxy) is 2. The number of hydrogen-bond acceptors (Lipinski definition) is 4. The van der Waals surface area contributed by atoms with Crippen molar-refractivity contribution >= 4 is 21.8 Å². The monoisotopic (exact) mass is 429 g/mol. The second-order valence-electron chi connectivity index (χ2n) is 7.57. The first-order valence-electron chi connectivity index (χ1n) is 10.7. The topological polar surface area (TPSA) is 49.2 Å². The van der Waals surface area contributed by atoms with Crippen LogP contribution in [0.4, 0.5) is 0 Å².